The van der Waals surface area contributed by atoms with E-state index in [4.69, 9.17) is 0 Å². The molecule has 0 aromatic rings. The minimum absolute atomic E-state index is 0.410. The second-order valence-corrected chi connectivity index (χ2v) is 7.04. The molecule has 0 radical (unpaired) electrons. The normalized spacial score (nSPS) is 23.4. The van der Waals surface area contributed by atoms with E-state index in [1.807, 2.05) is 0 Å². The van der Waals surface area contributed by atoms with Crippen LogP contribution in [0.5, 0.6) is 0 Å². The Balaban J connectivity index is 2.28. The van der Waals surface area contributed by atoms with Gasteiger partial charge in [-0.1, -0.05) is 56.7 Å². The van der Waals surface area contributed by atoms with Crippen molar-refractivity contribution < 1.29 is 0 Å². The van der Waals surface area contributed by atoms with Crippen LogP contribution in [0, 0.1) is 0 Å². The van der Waals surface area contributed by atoms with Gasteiger partial charge in [-0.05, 0) is 6.92 Å². The second kappa shape index (κ2) is 6.47. The summed E-state index contributed by atoms with van der Waals surface area (Å²) in [7, 11) is -0.410. The summed E-state index contributed by atoms with van der Waals surface area (Å²) in [6.45, 7) is 2.18. The third-order valence-electron chi connectivity index (χ3n) is 2.86. The maximum Gasteiger partial charge on any atom is 0.0610 e. The molecule has 0 unspecified atom stereocenters. The van der Waals surface area contributed by atoms with Gasteiger partial charge in [0.2, 0.25) is 0 Å². The predicted molar refractivity (Wildman–Crippen MR) is 59.3 cm³/mol. The lowest BCUT2D eigenvalue weighted by Crippen LogP contribution is -2.07. The molecule has 70 valence electrons. The number of hydrogen-bond acceptors (Lipinski definition) is 0. The summed E-state index contributed by atoms with van der Waals surface area (Å²) in [5.74, 6) is 0. The van der Waals surface area contributed by atoms with Crippen molar-refractivity contribution >= 4 is 8.80 Å². The van der Waals surface area contributed by atoms with E-state index in [0.717, 1.165) is 0 Å². The Morgan fingerprint density at radius 1 is 0.833 bits per heavy atom. The molecule has 1 heterocycles. The predicted octanol–water partition coefficient (Wildman–Crippen LogP) is 3.68. The molecule has 0 bridgehead atoms. The highest BCUT2D eigenvalue weighted by Crippen LogP contribution is 2.18. The average molecular weight is 182 g/mol. The van der Waals surface area contributed by atoms with Crippen molar-refractivity contribution in [3.8, 4) is 0 Å². The van der Waals surface area contributed by atoms with E-state index in [1.54, 1.807) is 12.1 Å². The van der Waals surface area contributed by atoms with E-state index in [1.165, 1.54) is 38.5 Å². The van der Waals surface area contributed by atoms with Gasteiger partial charge in [-0.15, -0.1) is 5.70 Å². The first-order valence-corrected chi connectivity index (χ1v) is 7.86. The van der Waals surface area contributed by atoms with Gasteiger partial charge in [0.1, 0.15) is 0 Å². The average Bonchev–Trinajstić information content (AvgIpc) is 2.19. The van der Waals surface area contributed by atoms with Gasteiger partial charge >= 0.3 is 0 Å². The van der Waals surface area contributed by atoms with E-state index in [9.17, 15) is 0 Å². The van der Waals surface area contributed by atoms with Crippen molar-refractivity contribution in [3.05, 3.63) is 11.8 Å². The molecule has 0 spiro atoms. The Hall–Kier alpha value is -0.0431. The van der Waals surface area contributed by atoms with Gasteiger partial charge in [-0.3, -0.25) is 0 Å². The quantitative estimate of drug-likeness (QED) is 0.543. The molecule has 12 heavy (non-hydrogen) atoms. The van der Waals surface area contributed by atoms with Crippen molar-refractivity contribution in [3.63, 3.8) is 0 Å². The van der Waals surface area contributed by atoms with E-state index in [-0.39, 0.29) is 0 Å². The van der Waals surface area contributed by atoms with Gasteiger partial charge in [0, 0.05) is 0 Å². The first-order chi connectivity index (χ1) is 5.93. The second-order valence-electron chi connectivity index (χ2n) is 3.98. The molecule has 0 aliphatic carbocycles. The minimum atomic E-state index is -0.410. The third kappa shape index (κ3) is 4.10. The summed E-state index contributed by atoms with van der Waals surface area (Å²) in [6, 6.07) is 3.15. The van der Waals surface area contributed by atoms with Gasteiger partial charge in [-0.2, -0.15) is 0 Å². The summed E-state index contributed by atoms with van der Waals surface area (Å²) >= 11 is 0. The fourth-order valence-electron chi connectivity index (χ4n) is 2.13. The lowest BCUT2D eigenvalue weighted by molar-refractivity contribution is 0.633. The van der Waals surface area contributed by atoms with Crippen LogP contribution in [0.15, 0.2) is 11.8 Å². The van der Waals surface area contributed by atoms with Crippen molar-refractivity contribution in [2.75, 3.05) is 0 Å². The SMILES string of the molecule is CC=C[SiH]1CCCCCCCC1. The molecule has 0 amide bonds. The van der Waals surface area contributed by atoms with Gasteiger partial charge in [0.15, 0.2) is 0 Å². The van der Waals surface area contributed by atoms with Gasteiger partial charge < -0.3 is 0 Å². The lowest BCUT2D eigenvalue weighted by Gasteiger charge is -2.07. The molecule has 0 atom stereocenters. The zero-order valence-corrected chi connectivity index (χ0v) is 9.54. The largest absolute Gasteiger partial charge is 0.102 e. The third-order valence-corrected chi connectivity index (χ3v) is 6.09. The van der Waals surface area contributed by atoms with Crippen LogP contribution >= 0.6 is 0 Å². The maximum absolute atomic E-state index is 2.55. The molecule has 1 fully saturated rings. The van der Waals surface area contributed by atoms with Crippen LogP contribution in [0.1, 0.15) is 45.4 Å². The van der Waals surface area contributed by atoms with Crippen LogP contribution in [0.2, 0.25) is 12.1 Å². The van der Waals surface area contributed by atoms with Crippen LogP contribution in [0.3, 0.4) is 0 Å². The zero-order chi connectivity index (χ0) is 8.65. The van der Waals surface area contributed by atoms with Gasteiger partial charge in [0.25, 0.3) is 0 Å². The molecule has 0 aromatic heterocycles. The van der Waals surface area contributed by atoms with E-state index in [0.29, 0.717) is 0 Å². The molecule has 0 nitrogen and oxygen atoms in total. The van der Waals surface area contributed by atoms with Crippen molar-refractivity contribution in [2.24, 2.45) is 0 Å². The minimum Gasteiger partial charge on any atom is -0.102 e. The Bertz CT molecular complexity index is 119. The number of hydrogen-bond donors (Lipinski definition) is 0. The van der Waals surface area contributed by atoms with Crippen molar-refractivity contribution in [1.82, 2.24) is 0 Å². The maximum atomic E-state index is 2.55. The molecule has 1 aliphatic rings. The molecule has 1 rings (SSSR count). The molecule has 1 saturated heterocycles. The molecule has 1 heteroatoms. The Labute approximate surface area is 78.7 Å². The van der Waals surface area contributed by atoms with Crippen LogP contribution in [0.4, 0.5) is 0 Å². The van der Waals surface area contributed by atoms with Crippen LogP contribution in [0.25, 0.3) is 0 Å². The van der Waals surface area contributed by atoms with Crippen LogP contribution in [-0.4, -0.2) is 8.80 Å². The first-order valence-electron chi connectivity index (χ1n) is 5.56. The summed E-state index contributed by atoms with van der Waals surface area (Å²) in [4.78, 5) is 0. The zero-order valence-electron chi connectivity index (χ0n) is 8.39. The molecular weight excluding hydrogens is 160 g/mol. The fourth-order valence-corrected chi connectivity index (χ4v) is 4.97. The summed E-state index contributed by atoms with van der Waals surface area (Å²) < 4.78 is 0. The van der Waals surface area contributed by atoms with Gasteiger partial charge in [-0.25, -0.2) is 0 Å². The highest BCUT2D eigenvalue weighted by atomic mass is 28.3. The first kappa shape index (κ1) is 10.0. The van der Waals surface area contributed by atoms with E-state index < -0.39 is 8.80 Å². The van der Waals surface area contributed by atoms with Crippen molar-refractivity contribution in [2.45, 2.75) is 57.5 Å². The topological polar surface area (TPSA) is 0 Å². The summed E-state index contributed by atoms with van der Waals surface area (Å²) in [6.07, 6.45) is 11.3. The van der Waals surface area contributed by atoms with Gasteiger partial charge in [0.05, 0.1) is 8.80 Å². The lowest BCUT2D eigenvalue weighted by atomic mass is 10.1. The standard InChI is InChI=1S/C11H22Si/c1-2-9-12-10-7-5-3-4-6-8-11-12/h2,9,12H,3-8,10-11H2,1H3. The smallest absolute Gasteiger partial charge is 0.0610 e. The molecule has 0 saturated carbocycles. The fraction of sp³-hybridized carbons (Fsp3) is 0.818. The molecule has 0 N–H and O–H groups in total. The van der Waals surface area contributed by atoms with Crippen LogP contribution < -0.4 is 0 Å². The number of rotatable bonds is 1. The van der Waals surface area contributed by atoms with Crippen molar-refractivity contribution in [1.29, 1.82) is 0 Å². The summed E-state index contributed by atoms with van der Waals surface area (Å²) in [5, 5.41) is 0. The Morgan fingerprint density at radius 3 is 1.83 bits per heavy atom. The van der Waals surface area contributed by atoms with Crippen LogP contribution in [-0.2, 0) is 0 Å². The highest BCUT2D eigenvalue weighted by molar-refractivity contribution is 6.64. The van der Waals surface area contributed by atoms with E-state index in [2.05, 4.69) is 18.7 Å². The molecular formula is C11H22Si. The van der Waals surface area contributed by atoms with E-state index >= 15 is 0 Å². The molecule has 0 aromatic carbocycles. The Morgan fingerprint density at radius 2 is 1.33 bits per heavy atom. The number of allylic oxidation sites excluding steroid dienone is 1. The highest BCUT2D eigenvalue weighted by Gasteiger charge is 2.07. The summed E-state index contributed by atoms with van der Waals surface area (Å²) in [5.41, 5.74) is 2.55. The molecule has 1 aliphatic heterocycles. The Kier molecular flexibility index (Phi) is 5.41. The monoisotopic (exact) mass is 182 g/mol.